The number of phenols is 1. The van der Waals surface area contributed by atoms with E-state index in [1.807, 2.05) is 12.1 Å². The predicted molar refractivity (Wildman–Crippen MR) is 74.9 cm³/mol. The van der Waals surface area contributed by atoms with Gasteiger partial charge < -0.3 is 5.11 Å². The molecule has 0 spiro atoms. The Morgan fingerprint density at radius 1 is 1.22 bits per heavy atom. The van der Waals surface area contributed by atoms with Gasteiger partial charge in [0.1, 0.15) is 5.75 Å². The molecule has 0 aromatic heterocycles. The average molecular weight is 242 g/mol. The van der Waals surface area contributed by atoms with E-state index in [1.165, 1.54) is 43.2 Å². The third kappa shape index (κ3) is 1.60. The fourth-order valence-electron chi connectivity index (χ4n) is 4.07. The van der Waals surface area contributed by atoms with E-state index in [2.05, 4.69) is 19.9 Å². The molecule has 1 atom stereocenters. The van der Waals surface area contributed by atoms with Gasteiger partial charge in [0.05, 0.1) is 0 Å². The number of aryl methyl sites for hydroxylation is 1. The van der Waals surface area contributed by atoms with Crippen LogP contribution >= 0.6 is 0 Å². The van der Waals surface area contributed by atoms with Gasteiger partial charge in [-0.1, -0.05) is 31.1 Å². The topological polar surface area (TPSA) is 20.2 Å². The minimum Gasteiger partial charge on any atom is -0.508 e. The summed E-state index contributed by atoms with van der Waals surface area (Å²) in [5.74, 6) is 0.413. The van der Waals surface area contributed by atoms with Gasteiger partial charge in [0.25, 0.3) is 0 Å². The lowest BCUT2D eigenvalue weighted by Crippen LogP contribution is -2.33. The summed E-state index contributed by atoms with van der Waals surface area (Å²) in [6.07, 6.45) is 7.37. The van der Waals surface area contributed by atoms with Gasteiger partial charge in [0.15, 0.2) is 0 Å². The van der Waals surface area contributed by atoms with Crippen molar-refractivity contribution in [3.05, 3.63) is 40.5 Å². The predicted octanol–water partition coefficient (Wildman–Crippen LogP) is 4.49. The Morgan fingerprint density at radius 3 is 2.83 bits per heavy atom. The highest BCUT2D eigenvalue weighted by Crippen LogP contribution is 2.50. The number of fused-ring (bicyclic) bond motifs is 3. The number of rotatable bonds is 1. The molecule has 18 heavy (non-hydrogen) atoms. The number of phenolic OH excluding ortho intramolecular Hbond substituents is 1. The van der Waals surface area contributed by atoms with Gasteiger partial charge in [-0.3, -0.25) is 0 Å². The molecule has 3 rings (SSSR count). The minimum atomic E-state index is 0.241. The highest BCUT2D eigenvalue weighted by molar-refractivity contribution is 5.50. The molecule has 0 aliphatic heterocycles. The molecular formula is C17H22O. The first kappa shape index (κ1) is 11.8. The van der Waals surface area contributed by atoms with E-state index in [-0.39, 0.29) is 5.41 Å². The Hall–Kier alpha value is -1.24. The van der Waals surface area contributed by atoms with Gasteiger partial charge in [-0.25, -0.2) is 0 Å². The summed E-state index contributed by atoms with van der Waals surface area (Å²) < 4.78 is 0. The molecule has 96 valence electrons. The van der Waals surface area contributed by atoms with E-state index in [9.17, 15) is 5.11 Å². The summed E-state index contributed by atoms with van der Waals surface area (Å²) in [7, 11) is 0. The fraction of sp³-hybridized carbons (Fsp3) is 0.529. The Kier molecular flexibility index (Phi) is 2.73. The fourth-order valence-corrected chi connectivity index (χ4v) is 4.07. The first-order valence-corrected chi connectivity index (χ1v) is 7.19. The molecular weight excluding hydrogens is 220 g/mol. The SMILES string of the molecule is CCC1=C2CCc3cc(O)ccc3C2(C)CCC1. The molecule has 0 radical (unpaired) electrons. The van der Waals surface area contributed by atoms with E-state index in [4.69, 9.17) is 0 Å². The van der Waals surface area contributed by atoms with Crippen LogP contribution in [-0.2, 0) is 11.8 Å². The molecule has 0 saturated heterocycles. The quantitative estimate of drug-likeness (QED) is 0.719. The van der Waals surface area contributed by atoms with Crippen molar-refractivity contribution in [3.8, 4) is 5.75 Å². The van der Waals surface area contributed by atoms with E-state index in [0.29, 0.717) is 5.75 Å². The second kappa shape index (κ2) is 4.15. The standard InChI is InChI=1S/C17H22O/c1-3-12-5-4-10-17(2)15(12)8-6-13-11-14(18)7-9-16(13)17/h7,9,11,18H,3-6,8,10H2,1-2H3. The van der Waals surface area contributed by atoms with E-state index in [1.54, 1.807) is 11.1 Å². The second-order valence-corrected chi connectivity index (χ2v) is 5.96. The van der Waals surface area contributed by atoms with Gasteiger partial charge in [0, 0.05) is 5.41 Å². The van der Waals surface area contributed by atoms with Crippen molar-refractivity contribution in [3.63, 3.8) is 0 Å². The van der Waals surface area contributed by atoms with Crippen molar-refractivity contribution in [2.45, 2.75) is 57.8 Å². The zero-order chi connectivity index (χ0) is 12.8. The van der Waals surface area contributed by atoms with Crippen LogP contribution in [0.5, 0.6) is 5.75 Å². The van der Waals surface area contributed by atoms with Crippen molar-refractivity contribution in [1.82, 2.24) is 0 Å². The molecule has 0 heterocycles. The normalized spacial score (nSPS) is 26.8. The van der Waals surface area contributed by atoms with E-state index in [0.717, 1.165) is 6.42 Å². The number of hydrogen-bond acceptors (Lipinski definition) is 1. The molecule has 1 N–H and O–H groups in total. The molecule has 1 aromatic carbocycles. The average Bonchev–Trinajstić information content (AvgIpc) is 2.36. The van der Waals surface area contributed by atoms with Crippen LogP contribution in [0, 0.1) is 0 Å². The monoisotopic (exact) mass is 242 g/mol. The van der Waals surface area contributed by atoms with Crippen LogP contribution in [0.25, 0.3) is 0 Å². The Morgan fingerprint density at radius 2 is 2.06 bits per heavy atom. The van der Waals surface area contributed by atoms with E-state index >= 15 is 0 Å². The van der Waals surface area contributed by atoms with Crippen LogP contribution in [0.15, 0.2) is 29.3 Å². The summed E-state index contributed by atoms with van der Waals surface area (Å²) in [4.78, 5) is 0. The molecule has 1 aromatic rings. The first-order valence-electron chi connectivity index (χ1n) is 7.19. The second-order valence-electron chi connectivity index (χ2n) is 5.96. The van der Waals surface area contributed by atoms with Gasteiger partial charge in [-0.15, -0.1) is 0 Å². The van der Waals surface area contributed by atoms with Crippen molar-refractivity contribution in [2.75, 3.05) is 0 Å². The van der Waals surface area contributed by atoms with Crippen LogP contribution in [0.2, 0.25) is 0 Å². The lowest BCUT2D eigenvalue weighted by Gasteiger charge is -2.43. The molecule has 1 nitrogen and oxygen atoms in total. The van der Waals surface area contributed by atoms with Crippen LogP contribution in [-0.4, -0.2) is 5.11 Å². The first-order chi connectivity index (χ1) is 8.65. The maximum atomic E-state index is 9.65. The maximum absolute atomic E-state index is 9.65. The molecule has 0 fully saturated rings. The molecule has 1 heteroatoms. The van der Waals surface area contributed by atoms with Gasteiger partial charge in [-0.05, 0) is 61.8 Å². The maximum Gasteiger partial charge on any atom is 0.115 e. The third-order valence-corrected chi connectivity index (χ3v) is 5.00. The summed E-state index contributed by atoms with van der Waals surface area (Å²) >= 11 is 0. The van der Waals surface area contributed by atoms with Crippen LogP contribution in [0.4, 0.5) is 0 Å². The van der Waals surface area contributed by atoms with Gasteiger partial charge in [0.2, 0.25) is 0 Å². The largest absolute Gasteiger partial charge is 0.508 e. The Labute approximate surface area is 110 Å². The number of aromatic hydroxyl groups is 1. The Balaban J connectivity index is 2.17. The lowest BCUT2D eigenvalue weighted by atomic mass is 9.61. The summed E-state index contributed by atoms with van der Waals surface area (Å²) in [5, 5.41) is 9.65. The van der Waals surface area contributed by atoms with Crippen molar-refractivity contribution in [2.24, 2.45) is 0 Å². The molecule has 0 saturated carbocycles. The van der Waals surface area contributed by atoms with Crippen LogP contribution in [0.1, 0.15) is 57.1 Å². The zero-order valence-corrected chi connectivity index (χ0v) is 11.4. The van der Waals surface area contributed by atoms with Gasteiger partial charge in [-0.2, -0.15) is 0 Å². The number of hydrogen-bond donors (Lipinski definition) is 1. The van der Waals surface area contributed by atoms with Gasteiger partial charge >= 0.3 is 0 Å². The summed E-state index contributed by atoms with van der Waals surface area (Å²) in [6, 6.07) is 5.98. The smallest absolute Gasteiger partial charge is 0.115 e. The van der Waals surface area contributed by atoms with Crippen molar-refractivity contribution < 1.29 is 5.11 Å². The molecule has 2 aliphatic carbocycles. The number of allylic oxidation sites excluding steroid dienone is 2. The zero-order valence-electron chi connectivity index (χ0n) is 11.4. The summed E-state index contributed by atoms with van der Waals surface area (Å²) in [6.45, 7) is 4.70. The van der Waals surface area contributed by atoms with E-state index < -0.39 is 0 Å². The highest BCUT2D eigenvalue weighted by atomic mass is 16.3. The summed E-state index contributed by atoms with van der Waals surface area (Å²) in [5.41, 5.74) is 6.47. The molecule has 2 aliphatic rings. The lowest BCUT2D eigenvalue weighted by molar-refractivity contribution is 0.412. The van der Waals surface area contributed by atoms with Crippen LogP contribution in [0.3, 0.4) is 0 Å². The highest BCUT2D eigenvalue weighted by Gasteiger charge is 2.39. The number of benzene rings is 1. The van der Waals surface area contributed by atoms with Crippen molar-refractivity contribution in [1.29, 1.82) is 0 Å². The van der Waals surface area contributed by atoms with Crippen LogP contribution < -0.4 is 0 Å². The Bertz CT molecular complexity index is 512. The molecule has 0 amide bonds. The molecule has 0 bridgehead atoms. The van der Waals surface area contributed by atoms with Crippen molar-refractivity contribution >= 4 is 0 Å². The minimum absolute atomic E-state index is 0.241. The third-order valence-electron chi connectivity index (χ3n) is 5.00. The molecule has 1 unspecified atom stereocenters.